The van der Waals surface area contributed by atoms with Crippen molar-refractivity contribution in [1.29, 1.82) is 0 Å². The Morgan fingerprint density at radius 1 is 1.05 bits per heavy atom. The molecule has 0 aliphatic rings. The Bertz CT molecular complexity index is 637. The van der Waals surface area contributed by atoms with Gasteiger partial charge in [0.2, 0.25) is 0 Å². The molecular formula is C17H20BrNO. The van der Waals surface area contributed by atoms with Crippen molar-refractivity contribution < 1.29 is 4.74 Å². The third kappa shape index (κ3) is 2.89. The van der Waals surface area contributed by atoms with Crippen LogP contribution in [0.1, 0.15) is 33.9 Å². The zero-order valence-electron chi connectivity index (χ0n) is 12.3. The highest BCUT2D eigenvalue weighted by Crippen LogP contribution is 2.34. The van der Waals surface area contributed by atoms with Crippen LogP contribution in [-0.2, 0) is 0 Å². The number of ether oxygens (including phenoxy) is 1. The Kier molecular flexibility index (Phi) is 4.51. The van der Waals surface area contributed by atoms with Gasteiger partial charge in [-0.15, -0.1) is 0 Å². The van der Waals surface area contributed by atoms with Crippen molar-refractivity contribution in [2.75, 3.05) is 7.11 Å². The number of nitrogens with two attached hydrogens (primary N) is 1. The van der Waals surface area contributed by atoms with Crippen LogP contribution in [0.25, 0.3) is 0 Å². The van der Waals surface area contributed by atoms with Gasteiger partial charge in [-0.2, -0.15) is 0 Å². The Labute approximate surface area is 129 Å². The van der Waals surface area contributed by atoms with Gasteiger partial charge in [0.25, 0.3) is 0 Å². The van der Waals surface area contributed by atoms with Crippen molar-refractivity contribution in [1.82, 2.24) is 0 Å². The van der Waals surface area contributed by atoms with Crippen LogP contribution in [0.3, 0.4) is 0 Å². The average Bonchev–Trinajstić information content (AvgIpc) is 2.37. The van der Waals surface area contributed by atoms with Gasteiger partial charge in [-0.25, -0.2) is 0 Å². The number of hydrogen-bond donors (Lipinski definition) is 1. The summed E-state index contributed by atoms with van der Waals surface area (Å²) in [6.45, 7) is 6.23. The summed E-state index contributed by atoms with van der Waals surface area (Å²) in [6.07, 6.45) is 0. The summed E-state index contributed by atoms with van der Waals surface area (Å²) >= 11 is 3.49. The Morgan fingerprint density at radius 2 is 1.75 bits per heavy atom. The molecule has 0 radical (unpaired) electrons. The number of rotatable bonds is 3. The van der Waals surface area contributed by atoms with Gasteiger partial charge < -0.3 is 10.5 Å². The van der Waals surface area contributed by atoms with E-state index in [0.29, 0.717) is 0 Å². The van der Waals surface area contributed by atoms with Crippen molar-refractivity contribution in [3.05, 3.63) is 62.6 Å². The molecule has 1 atom stereocenters. The molecule has 0 aliphatic carbocycles. The lowest BCUT2D eigenvalue weighted by atomic mass is 9.91. The number of hydrogen-bond acceptors (Lipinski definition) is 2. The Morgan fingerprint density at radius 3 is 2.35 bits per heavy atom. The van der Waals surface area contributed by atoms with Crippen molar-refractivity contribution in [2.45, 2.75) is 26.8 Å². The minimum absolute atomic E-state index is 0.182. The van der Waals surface area contributed by atoms with E-state index in [1.807, 2.05) is 12.1 Å². The van der Waals surface area contributed by atoms with Gasteiger partial charge in [0, 0.05) is 10.0 Å². The standard InChI is InChI=1S/C17H20BrNO/c1-10-7-12(3)16(15(8-10)20-4)17(19)14-6-5-13(18)9-11(14)2/h5-9,17H,19H2,1-4H3. The summed E-state index contributed by atoms with van der Waals surface area (Å²) < 4.78 is 6.59. The maximum Gasteiger partial charge on any atom is 0.124 e. The summed E-state index contributed by atoms with van der Waals surface area (Å²) in [5.74, 6) is 0.859. The van der Waals surface area contributed by atoms with Crippen LogP contribution in [-0.4, -0.2) is 7.11 Å². The molecule has 1 unspecified atom stereocenters. The number of methoxy groups -OCH3 is 1. The molecule has 20 heavy (non-hydrogen) atoms. The fourth-order valence-corrected chi connectivity index (χ4v) is 3.13. The van der Waals surface area contributed by atoms with E-state index in [1.165, 1.54) is 11.1 Å². The smallest absolute Gasteiger partial charge is 0.124 e. The number of benzene rings is 2. The molecule has 2 N–H and O–H groups in total. The molecular weight excluding hydrogens is 314 g/mol. The Balaban J connectivity index is 2.55. The largest absolute Gasteiger partial charge is 0.496 e. The third-order valence-electron chi connectivity index (χ3n) is 3.59. The minimum Gasteiger partial charge on any atom is -0.496 e. The van der Waals surface area contributed by atoms with Crippen LogP contribution in [0.5, 0.6) is 5.75 Å². The van der Waals surface area contributed by atoms with E-state index in [9.17, 15) is 0 Å². The van der Waals surface area contributed by atoms with Gasteiger partial charge in [0.15, 0.2) is 0 Å². The predicted molar refractivity (Wildman–Crippen MR) is 87.4 cm³/mol. The number of aryl methyl sites for hydroxylation is 3. The topological polar surface area (TPSA) is 35.2 Å². The van der Waals surface area contributed by atoms with Crippen LogP contribution < -0.4 is 10.5 Å². The van der Waals surface area contributed by atoms with Crippen LogP contribution in [0, 0.1) is 20.8 Å². The molecule has 0 heterocycles. The zero-order chi connectivity index (χ0) is 14.9. The van der Waals surface area contributed by atoms with E-state index >= 15 is 0 Å². The van der Waals surface area contributed by atoms with Gasteiger partial charge in [0.05, 0.1) is 13.2 Å². The molecule has 2 aromatic carbocycles. The number of halogens is 1. The molecule has 0 fully saturated rings. The molecule has 0 saturated heterocycles. The molecule has 2 nitrogen and oxygen atoms in total. The van der Waals surface area contributed by atoms with Gasteiger partial charge in [-0.05, 0) is 61.2 Å². The molecule has 2 aromatic rings. The first-order valence-corrected chi connectivity index (χ1v) is 7.40. The van der Waals surface area contributed by atoms with Gasteiger partial charge in [-0.1, -0.05) is 28.1 Å². The molecule has 0 amide bonds. The van der Waals surface area contributed by atoms with Gasteiger partial charge in [0.1, 0.15) is 5.75 Å². The lowest BCUT2D eigenvalue weighted by Crippen LogP contribution is -2.16. The van der Waals surface area contributed by atoms with Gasteiger partial charge in [-0.3, -0.25) is 0 Å². The fourth-order valence-electron chi connectivity index (χ4n) is 2.65. The molecule has 0 saturated carbocycles. The predicted octanol–water partition coefficient (Wildman–Crippen LogP) is 4.43. The molecule has 3 heteroatoms. The van der Waals surface area contributed by atoms with Gasteiger partial charge >= 0.3 is 0 Å². The highest BCUT2D eigenvalue weighted by Gasteiger charge is 2.18. The second kappa shape index (κ2) is 5.98. The maximum atomic E-state index is 6.50. The quantitative estimate of drug-likeness (QED) is 0.901. The highest BCUT2D eigenvalue weighted by atomic mass is 79.9. The third-order valence-corrected chi connectivity index (χ3v) is 4.08. The van der Waals surface area contributed by atoms with Crippen LogP contribution in [0.15, 0.2) is 34.8 Å². The van der Waals surface area contributed by atoms with Crippen LogP contribution in [0.2, 0.25) is 0 Å². The maximum absolute atomic E-state index is 6.50. The van der Waals surface area contributed by atoms with E-state index in [1.54, 1.807) is 7.11 Å². The highest BCUT2D eigenvalue weighted by molar-refractivity contribution is 9.10. The van der Waals surface area contributed by atoms with Crippen molar-refractivity contribution in [3.63, 3.8) is 0 Å². The van der Waals surface area contributed by atoms with Crippen molar-refractivity contribution >= 4 is 15.9 Å². The summed E-state index contributed by atoms with van der Waals surface area (Å²) in [4.78, 5) is 0. The molecule has 0 aliphatic heterocycles. The Hall–Kier alpha value is -1.32. The first-order chi connectivity index (χ1) is 9.43. The SMILES string of the molecule is COc1cc(C)cc(C)c1C(N)c1ccc(Br)cc1C. The second-order valence-corrected chi connectivity index (χ2v) is 6.09. The van der Waals surface area contributed by atoms with Crippen LogP contribution in [0.4, 0.5) is 0 Å². The normalized spacial score (nSPS) is 12.3. The second-order valence-electron chi connectivity index (χ2n) is 5.18. The monoisotopic (exact) mass is 333 g/mol. The van der Waals surface area contributed by atoms with Crippen molar-refractivity contribution in [2.24, 2.45) is 5.73 Å². The fraction of sp³-hybridized carbons (Fsp3) is 0.294. The lowest BCUT2D eigenvalue weighted by Gasteiger charge is -2.21. The first kappa shape index (κ1) is 15.1. The molecule has 2 rings (SSSR count). The van der Waals surface area contributed by atoms with Crippen molar-refractivity contribution in [3.8, 4) is 5.75 Å². The summed E-state index contributed by atoms with van der Waals surface area (Å²) in [7, 11) is 1.69. The first-order valence-electron chi connectivity index (χ1n) is 6.60. The van der Waals surface area contributed by atoms with Crippen LogP contribution >= 0.6 is 15.9 Å². The summed E-state index contributed by atoms with van der Waals surface area (Å²) in [5.41, 5.74) is 12.2. The van der Waals surface area contributed by atoms with E-state index in [0.717, 1.165) is 26.9 Å². The molecule has 0 aromatic heterocycles. The molecule has 106 valence electrons. The molecule has 0 bridgehead atoms. The summed E-state index contributed by atoms with van der Waals surface area (Å²) in [6, 6.07) is 10.2. The minimum atomic E-state index is -0.182. The average molecular weight is 334 g/mol. The van der Waals surface area contributed by atoms with E-state index in [2.05, 4.69) is 54.9 Å². The van der Waals surface area contributed by atoms with E-state index < -0.39 is 0 Å². The zero-order valence-corrected chi connectivity index (χ0v) is 13.9. The molecule has 0 spiro atoms. The summed E-state index contributed by atoms with van der Waals surface area (Å²) in [5, 5.41) is 0. The van der Waals surface area contributed by atoms with E-state index in [4.69, 9.17) is 10.5 Å². The lowest BCUT2D eigenvalue weighted by molar-refractivity contribution is 0.407. The van der Waals surface area contributed by atoms with E-state index in [-0.39, 0.29) is 6.04 Å².